The van der Waals surface area contributed by atoms with Gasteiger partial charge in [0.25, 0.3) is 0 Å². The van der Waals surface area contributed by atoms with Gasteiger partial charge in [-0.2, -0.15) is 0 Å². The molecule has 1 saturated heterocycles. The number of pyridine rings is 1. The van der Waals surface area contributed by atoms with Gasteiger partial charge in [0.1, 0.15) is 0 Å². The van der Waals surface area contributed by atoms with Gasteiger partial charge in [-0.1, -0.05) is 0 Å². The molecule has 0 saturated carbocycles. The molecule has 100 valence electrons. The summed E-state index contributed by atoms with van der Waals surface area (Å²) in [5.41, 5.74) is 2.44. The SMILES string of the molecule is CNCc1cc(N2CCCC2CN(C)C)ccn1. The van der Waals surface area contributed by atoms with Crippen molar-refractivity contribution < 1.29 is 0 Å². The molecule has 0 aliphatic carbocycles. The van der Waals surface area contributed by atoms with Crippen LogP contribution < -0.4 is 10.2 Å². The van der Waals surface area contributed by atoms with Gasteiger partial charge in [-0.05, 0) is 46.1 Å². The van der Waals surface area contributed by atoms with Crippen molar-refractivity contribution in [1.82, 2.24) is 15.2 Å². The molecule has 2 heterocycles. The predicted molar refractivity (Wildman–Crippen MR) is 75.9 cm³/mol. The Hall–Kier alpha value is -1.13. The Morgan fingerprint density at radius 3 is 3.06 bits per heavy atom. The van der Waals surface area contributed by atoms with Crippen molar-refractivity contribution in [2.24, 2.45) is 0 Å². The summed E-state index contributed by atoms with van der Waals surface area (Å²) in [6.07, 6.45) is 4.51. The fraction of sp³-hybridized carbons (Fsp3) is 0.643. The number of anilines is 1. The van der Waals surface area contributed by atoms with Gasteiger partial charge in [-0.3, -0.25) is 4.98 Å². The largest absolute Gasteiger partial charge is 0.367 e. The topological polar surface area (TPSA) is 31.4 Å². The van der Waals surface area contributed by atoms with Crippen molar-refractivity contribution in [2.75, 3.05) is 39.1 Å². The summed E-state index contributed by atoms with van der Waals surface area (Å²) in [5.74, 6) is 0. The molecule has 4 nitrogen and oxygen atoms in total. The van der Waals surface area contributed by atoms with Crippen LogP contribution in [0.1, 0.15) is 18.5 Å². The fourth-order valence-electron chi connectivity index (χ4n) is 2.71. The molecule has 1 aliphatic rings. The van der Waals surface area contributed by atoms with Crippen molar-refractivity contribution in [3.8, 4) is 0 Å². The quantitative estimate of drug-likeness (QED) is 0.852. The number of nitrogens with one attached hydrogen (secondary N) is 1. The summed E-state index contributed by atoms with van der Waals surface area (Å²) in [7, 11) is 6.25. The molecule has 1 fully saturated rings. The zero-order valence-electron chi connectivity index (χ0n) is 11.7. The fourth-order valence-corrected chi connectivity index (χ4v) is 2.71. The lowest BCUT2D eigenvalue weighted by Gasteiger charge is -2.29. The van der Waals surface area contributed by atoms with Crippen molar-refractivity contribution in [2.45, 2.75) is 25.4 Å². The van der Waals surface area contributed by atoms with Crippen molar-refractivity contribution >= 4 is 5.69 Å². The molecule has 1 N–H and O–H groups in total. The van der Waals surface area contributed by atoms with E-state index in [0.29, 0.717) is 6.04 Å². The maximum absolute atomic E-state index is 4.39. The molecular formula is C14H24N4. The Balaban J connectivity index is 2.11. The Bertz CT molecular complexity index is 378. The van der Waals surface area contributed by atoms with Crippen LogP contribution in [0.2, 0.25) is 0 Å². The van der Waals surface area contributed by atoms with Gasteiger partial charge in [0, 0.05) is 37.6 Å². The lowest BCUT2D eigenvalue weighted by atomic mass is 10.2. The Morgan fingerprint density at radius 2 is 2.33 bits per heavy atom. The molecule has 0 radical (unpaired) electrons. The smallest absolute Gasteiger partial charge is 0.0562 e. The van der Waals surface area contributed by atoms with E-state index in [4.69, 9.17) is 0 Å². The third-order valence-electron chi connectivity index (χ3n) is 3.44. The van der Waals surface area contributed by atoms with Crippen molar-refractivity contribution in [3.05, 3.63) is 24.0 Å². The second-order valence-electron chi connectivity index (χ2n) is 5.29. The van der Waals surface area contributed by atoms with E-state index in [1.54, 1.807) is 0 Å². The highest BCUT2D eigenvalue weighted by atomic mass is 15.2. The number of hydrogen-bond donors (Lipinski definition) is 1. The summed E-state index contributed by atoms with van der Waals surface area (Å²) in [6.45, 7) is 3.13. The van der Waals surface area contributed by atoms with E-state index in [-0.39, 0.29) is 0 Å². The van der Waals surface area contributed by atoms with E-state index in [0.717, 1.165) is 18.8 Å². The standard InChI is InChI=1S/C14H24N4/c1-15-10-12-9-13(6-7-16-12)18-8-4-5-14(18)11-17(2)3/h6-7,9,14-15H,4-5,8,10-11H2,1-3H3. The molecule has 1 aromatic heterocycles. The number of hydrogen-bond acceptors (Lipinski definition) is 4. The average molecular weight is 248 g/mol. The number of nitrogens with zero attached hydrogens (tertiary/aromatic N) is 3. The predicted octanol–water partition coefficient (Wildman–Crippen LogP) is 1.33. The molecule has 0 spiro atoms. The maximum Gasteiger partial charge on any atom is 0.0562 e. The van der Waals surface area contributed by atoms with Crippen LogP contribution in [-0.2, 0) is 6.54 Å². The van der Waals surface area contributed by atoms with E-state index in [1.807, 2.05) is 13.2 Å². The molecule has 1 unspecified atom stereocenters. The van der Waals surface area contributed by atoms with Gasteiger partial charge in [-0.25, -0.2) is 0 Å². The molecule has 1 atom stereocenters. The molecule has 2 rings (SSSR count). The van der Waals surface area contributed by atoms with Crippen LogP contribution in [0.3, 0.4) is 0 Å². The summed E-state index contributed by atoms with van der Waals surface area (Å²) in [5, 5.41) is 3.16. The van der Waals surface area contributed by atoms with Crippen LogP contribution in [0.25, 0.3) is 0 Å². The van der Waals surface area contributed by atoms with Crippen LogP contribution in [0.15, 0.2) is 18.3 Å². The van der Waals surface area contributed by atoms with Gasteiger partial charge in [-0.15, -0.1) is 0 Å². The van der Waals surface area contributed by atoms with E-state index in [9.17, 15) is 0 Å². The third kappa shape index (κ3) is 3.21. The van der Waals surface area contributed by atoms with Gasteiger partial charge >= 0.3 is 0 Å². The summed E-state index contributed by atoms with van der Waals surface area (Å²) >= 11 is 0. The van der Waals surface area contributed by atoms with E-state index >= 15 is 0 Å². The molecule has 0 amide bonds. The summed E-state index contributed by atoms with van der Waals surface area (Å²) in [4.78, 5) is 9.19. The first-order chi connectivity index (χ1) is 8.70. The second kappa shape index (κ2) is 6.16. The van der Waals surface area contributed by atoms with Gasteiger partial charge < -0.3 is 15.1 Å². The van der Waals surface area contributed by atoms with Gasteiger partial charge in [0.05, 0.1) is 5.69 Å². The number of aromatic nitrogens is 1. The molecule has 0 aromatic carbocycles. The summed E-state index contributed by atoms with van der Waals surface area (Å²) < 4.78 is 0. The van der Waals surface area contributed by atoms with Crippen LogP contribution >= 0.6 is 0 Å². The zero-order chi connectivity index (χ0) is 13.0. The number of likely N-dealkylation sites (N-methyl/N-ethyl adjacent to an activating group) is 1. The van der Waals surface area contributed by atoms with Gasteiger partial charge in [0.2, 0.25) is 0 Å². The lowest BCUT2D eigenvalue weighted by molar-refractivity contribution is 0.372. The van der Waals surface area contributed by atoms with E-state index < -0.39 is 0 Å². The molecule has 4 heteroatoms. The highest BCUT2D eigenvalue weighted by Gasteiger charge is 2.25. The normalized spacial score (nSPS) is 19.8. The minimum absolute atomic E-state index is 0.643. The Kier molecular flexibility index (Phi) is 4.55. The van der Waals surface area contributed by atoms with Crippen LogP contribution in [-0.4, -0.2) is 50.2 Å². The Labute approximate surface area is 110 Å². The molecular weight excluding hydrogens is 224 g/mol. The first-order valence-corrected chi connectivity index (χ1v) is 6.71. The number of rotatable bonds is 5. The zero-order valence-corrected chi connectivity index (χ0v) is 11.7. The van der Waals surface area contributed by atoms with E-state index in [2.05, 4.69) is 46.3 Å². The third-order valence-corrected chi connectivity index (χ3v) is 3.44. The lowest BCUT2D eigenvalue weighted by Crippen LogP contribution is -2.37. The Morgan fingerprint density at radius 1 is 1.50 bits per heavy atom. The van der Waals surface area contributed by atoms with Gasteiger partial charge in [0.15, 0.2) is 0 Å². The van der Waals surface area contributed by atoms with Crippen LogP contribution in [0, 0.1) is 0 Å². The average Bonchev–Trinajstić information content (AvgIpc) is 2.77. The first kappa shape index (κ1) is 13.3. The molecule has 1 aliphatic heterocycles. The van der Waals surface area contributed by atoms with E-state index in [1.165, 1.54) is 25.1 Å². The minimum atomic E-state index is 0.643. The van der Waals surface area contributed by atoms with Crippen molar-refractivity contribution in [3.63, 3.8) is 0 Å². The monoisotopic (exact) mass is 248 g/mol. The molecule has 1 aromatic rings. The minimum Gasteiger partial charge on any atom is -0.367 e. The maximum atomic E-state index is 4.39. The first-order valence-electron chi connectivity index (χ1n) is 6.71. The van der Waals surface area contributed by atoms with Crippen LogP contribution in [0.5, 0.6) is 0 Å². The highest BCUT2D eigenvalue weighted by Crippen LogP contribution is 2.25. The second-order valence-corrected chi connectivity index (χ2v) is 5.29. The molecule has 0 bridgehead atoms. The summed E-state index contributed by atoms with van der Waals surface area (Å²) in [6, 6.07) is 4.99. The van der Waals surface area contributed by atoms with Crippen molar-refractivity contribution in [1.29, 1.82) is 0 Å². The molecule has 18 heavy (non-hydrogen) atoms. The highest BCUT2D eigenvalue weighted by molar-refractivity contribution is 5.48. The van der Waals surface area contributed by atoms with Crippen LogP contribution in [0.4, 0.5) is 5.69 Å².